The van der Waals surface area contributed by atoms with Crippen LogP contribution in [0.5, 0.6) is 0 Å². The molecule has 0 spiro atoms. The predicted octanol–water partition coefficient (Wildman–Crippen LogP) is 2.05. The van der Waals surface area contributed by atoms with Crippen LogP contribution in [-0.2, 0) is 0 Å². The normalized spacial score (nSPS) is 10.1. The largest absolute Gasteiger partial charge is 0.393 e. The van der Waals surface area contributed by atoms with Gasteiger partial charge < -0.3 is 10.6 Å². The van der Waals surface area contributed by atoms with Crippen LogP contribution < -0.4 is 5.73 Å². The second-order valence-electron chi connectivity index (χ2n) is 3.88. The lowest BCUT2D eigenvalue weighted by atomic mass is 10.1. The highest BCUT2D eigenvalue weighted by atomic mass is 16.6. The summed E-state index contributed by atoms with van der Waals surface area (Å²) >= 11 is 0. The summed E-state index contributed by atoms with van der Waals surface area (Å²) in [4.78, 5) is 24.0. The van der Waals surface area contributed by atoms with Gasteiger partial charge in [-0.3, -0.25) is 14.9 Å². The summed E-state index contributed by atoms with van der Waals surface area (Å²) in [5.74, 6) is -0.263. The number of nitro groups is 1. The molecule has 0 unspecified atom stereocenters. The highest BCUT2D eigenvalue weighted by Gasteiger charge is 2.21. The highest BCUT2D eigenvalue weighted by molar-refractivity contribution is 6.00. The number of carbonyl (C=O) groups excluding carboxylic acids is 1. The molecule has 0 radical (unpaired) electrons. The van der Waals surface area contributed by atoms with E-state index in [-0.39, 0.29) is 22.8 Å². The molecule has 0 aliphatic heterocycles. The van der Waals surface area contributed by atoms with E-state index in [1.165, 1.54) is 18.2 Å². The number of carbonyl (C=O) groups is 1. The van der Waals surface area contributed by atoms with Gasteiger partial charge in [-0.05, 0) is 19.4 Å². The Kier molecular flexibility index (Phi) is 4.65. The second-order valence-corrected chi connectivity index (χ2v) is 3.88. The fourth-order valence-corrected chi connectivity index (χ4v) is 1.74. The fourth-order valence-electron chi connectivity index (χ4n) is 1.74. The highest BCUT2D eigenvalue weighted by Crippen LogP contribution is 2.25. The number of benzene rings is 1. The molecule has 18 heavy (non-hydrogen) atoms. The van der Waals surface area contributed by atoms with Crippen LogP contribution in [0.2, 0.25) is 0 Å². The zero-order valence-corrected chi connectivity index (χ0v) is 10.5. The molecule has 2 N–H and O–H groups in total. The van der Waals surface area contributed by atoms with Crippen LogP contribution in [0.4, 0.5) is 11.4 Å². The third kappa shape index (κ3) is 2.77. The molecule has 1 aromatic rings. The Morgan fingerprint density at radius 1 is 1.44 bits per heavy atom. The maximum atomic E-state index is 12.2. The summed E-state index contributed by atoms with van der Waals surface area (Å²) in [7, 11) is 0. The van der Waals surface area contributed by atoms with Crippen LogP contribution in [-0.4, -0.2) is 28.8 Å². The molecule has 0 aliphatic rings. The summed E-state index contributed by atoms with van der Waals surface area (Å²) < 4.78 is 0. The number of hydrogen-bond acceptors (Lipinski definition) is 4. The second kappa shape index (κ2) is 6.00. The van der Waals surface area contributed by atoms with E-state index >= 15 is 0 Å². The first-order chi connectivity index (χ1) is 8.52. The van der Waals surface area contributed by atoms with E-state index in [2.05, 4.69) is 0 Å². The minimum Gasteiger partial charge on any atom is -0.393 e. The third-order valence-electron chi connectivity index (χ3n) is 2.67. The van der Waals surface area contributed by atoms with Crippen molar-refractivity contribution in [2.45, 2.75) is 20.3 Å². The standard InChI is InChI=1S/C12H17N3O3/c1-3-8-14(4-2)12(16)9-6-5-7-10(11(9)13)15(17)18/h5-7H,3-4,8,13H2,1-2H3. The molecular formula is C12H17N3O3. The van der Waals surface area contributed by atoms with Crippen molar-refractivity contribution in [3.8, 4) is 0 Å². The van der Waals surface area contributed by atoms with E-state index in [9.17, 15) is 14.9 Å². The summed E-state index contributed by atoms with van der Waals surface area (Å²) in [6.07, 6.45) is 0.828. The van der Waals surface area contributed by atoms with E-state index in [4.69, 9.17) is 5.73 Å². The van der Waals surface area contributed by atoms with Crippen molar-refractivity contribution in [2.24, 2.45) is 0 Å². The summed E-state index contributed by atoms with van der Waals surface area (Å²) in [5.41, 5.74) is 5.58. The van der Waals surface area contributed by atoms with Crippen molar-refractivity contribution in [1.29, 1.82) is 0 Å². The summed E-state index contributed by atoms with van der Waals surface area (Å²) in [5, 5.41) is 10.8. The van der Waals surface area contributed by atoms with E-state index in [0.29, 0.717) is 13.1 Å². The molecule has 1 aromatic carbocycles. The van der Waals surface area contributed by atoms with Gasteiger partial charge in [-0.2, -0.15) is 0 Å². The number of amides is 1. The maximum absolute atomic E-state index is 12.2. The van der Waals surface area contributed by atoms with Crippen LogP contribution in [0.3, 0.4) is 0 Å². The Hall–Kier alpha value is -2.11. The molecule has 0 saturated carbocycles. The van der Waals surface area contributed by atoms with Crippen LogP contribution in [0, 0.1) is 10.1 Å². The first-order valence-electron chi connectivity index (χ1n) is 5.85. The van der Waals surface area contributed by atoms with Crippen molar-refractivity contribution in [2.75, 3.05) is 18.8 Å². The van der Waals surface area contributed by atoms with E-state index < -0.39 is 4.92 Å². The Bertz CT molecular complexity index is 460. The quantitative estimate of drug-likeness (QED) is 0.492. The molecule has 0 fully saturated rings. The molecular weight excluding hydrogens is 234 g/mol. The Balaban J connectivity index is 3.13. The average Bonchev–Trinajstić information content (AvgIpc) is 2.35. The number of nitrogens with two attached hydrogens (primary N) is 1. The molecule has 0 heterocycles. The monoisotopic (exact) mass is 251 g/mol. The number of rotatable bonds is 5. The number of hydrogen-bond donors (Lipinski definition) is 1. The van der Waals surface area contributed by atoms with Gasteiger partial charge in [-0.25, -0.2) is 0 Å². The average molecular weight is 251 g/mol. The van der Waals surface area contributed by atoms with Gasteiger partial charge in [0.2, 0.25) is 0 Å². The van der Waals surface area contributed by atoms with Gasteiger partial charge in [0.05, 0.1) is 10.5 Å². The molecule has 0 aliphatic carbocycles. The van der Waals surface area contributed by atoms with E-state index in [1.54, 1.807) is 4.90 Å². The zero-order chi connectivity index (χ0) is 13.7. The lowest BCUT2D eigenvalue weighted by molar-refractivity contribution is -0.383. The SMILES string of the molecule is CCCN(CC)C(=O)c1cccc([N+](=O)[O-])c1N. The number of anilines is 1. The maximum Gasteiger partial charge on any atom is 0.292 e. The molecule has 6 nitrogen and oxygen atoms in total. The Morgan fingerprint density at radius 2 is 2.11 bits per heavy atom. The molecule has 0 saturated heterocycles. The van der Waals surface area contributed by atoms with Crippen LogP contribution in [0.1, 0.15) is 30.6 Å². The number of para-hydroxylation sites is 1. The number of nitro benzene ring substituents is 1. The topological polar surface area (TPSA) is 89.5 Å². The Labute approximate surface area is 106 Å². The van der Waals surface area contributed by atoms with Gasteiger partial charge in [-0.1, -0.05) is 13.0 Å². The lowest BCUT2D eigenvalue weighted by Gasteiger charge is -2.20. The van der Waals surface area contributed by atoms with Crippen molar-refractivity contribution < 1.29 is 9.72 Å². The summed E-state index contributed by atoms with van der Waals surface area (Å²) in [6.45, 7) is 4.99. The third-order valence-corrected chi connectivity index (χ3v) is 2.67. The van der Waals surface area contributed by atoms with Crippen LogP contribution in [0.25, 0.3) is 0 Å². The van der Waals surface area contributed by atoms with E-state index in [0.717, 1.165) is 6.42 Å². The van der Waals surface area contributed by atoms with Gasteiger partial charge in [0, 0.05) is 19.2 Å². The molecule has 0 aromatic heterocycles. The number of nitrogens with zero attached hydrogens (tertiary/aromatic N) is 2. The fraction of sp³-hybridized carbons (Fsp3) is 0.417. The van der Waals surface area contributed by atoms with Gasteiger partial charge in [0.15, 0.2) is 0 Å². The molecule has 0 atom stereocenters. The van der Waals surface area contributed by atoms with Crippen LogP contribution in [0.15, 0.2) is 18.2 Å². The van der Waals surface area contributed by atoms with Gasteiger partial charge in [0.1, 0.15) is 5.69 Å². The van der Waals surface area contributed by atoms with Crippen molar-refractivity contribution >= 4 is 17.3 Å². The van der Waals surface area contributed by atoms with Crippen molar-refractivity contribution in [3.63, 3.8) is 0 Å². The molecule has 98 valence electrons. The zero-order valence-electron chi connectivity index (χ0n) is 10.5. The number of nitrogen functional groups attached to an aromatic ring is 1. The molecule has 6 heteroatoms. The minimum atomic E-state index is -0.581. The van der Waals surface area contributed by atoms with Crippen molar-refractivity contribution in [3.05, 3.63) is 33.9 Å². The van der Waals surface area contributed by atoms with Gasteiger partial charge >= 0.3 is 0 Å². The predicted molar refractivity (Wildman–Crippen MR) is 69.4 cm³/mol. The lowest BCUT2D eigenvalue weighted by Crippen LogP contribution is -2.32. The molecule has 1 amide bonds. The van der Waals surface area contributed by atoms with Crippen LogP contribution >= 0.6 is 0 Å². The molecule has 0 bridgehead atoms. The van der Waals surface area contributed by atoms with Gasteiger partial charge in [0.25, 0.3) is 11.6 Å². The Morgan fingerprint density at radius 3 is 2.61 bits per heavy atom. The summed E-state index contributed by atoms with van der Waals surface area (Å²) in [6, 6.07) is 4.28. The van der Waals surface area contributed by atoms with E-state index in [1.807, 2.05) is 13.8 Å². The first kappa shape index (κ1) is 14.0. The molecule has 1 rings (SSSR count). The minimum absolute atomic E-state index is 0.0675. The smallest absolute Gasteiger partial charge is 0.292 e. The van der Waals surface area contributed by atoms with Gasteiger partial charge in [-0.15, -0.1) is 0 Å². The first-order valence-corrected chi connectivity index (χ1v) is 5.85. The van der Waals surface area contributed by atoms with Crippen molar-refractivity contribution in [1.82, 2.24) is 4.90 Å².